The van der Waals surface area contributed by atoms with Gasteiger partial charge >= 0.3 is 5.97 Å². The van der Waals surface area contributed by atoms with Crippen molar-refractivity contribution in [3.8, 4) is 11.5 Å². The van der Waals surface area contributed by atoms with Crippen molar-refractivity contribution in [3.63, 3.8) is 0 Å². The van der Waals surface area contributed by atoms with E-state index < -0.39 is 30.0 Å². The number of carbonyl (C=O) groups is 5. The van der Waals surface area contributed by atoms with Gasteiger partial charge in [0.05, 0.1) is 6.54 Å². The first-order valence-electron chi connectivity index (χ1n) is 19.9. The van der Waals surface area contributed by atoms with Crippen molar-refractivity contribution < 1.29 is 33.8 Å². The Morgan fingerprint density at radius 1 is 0.786 bits per heavy atom. The third-order valence-corrected chi connectivity index (χ3v) is 11.6. The van der Waals surface area contributed by atoms with Gasteiger partial charge in [-0.1, -0.05) is 31.2 Å². The van der Waals surface area contributed by atoms with Crippen LogP contribution in [0.25, 0.3) is 11.6 Å². The van der Waals surface area contributed by atoms with Crippen LogP contribution < -0.4 is 25.8 Å². The summed E-state index contributed by atoms with van der Waals surface area (Å²) in [5.74, 6) is -1.09. The van der Waals surface area contributed by atoms with E-state index in [0.29, 0.717) is 80.8 Å². The van der Waals surface area contributed by atoms with E-state index in [1.807, 2.05) is 32.0 Å². The number of fused-ring (bicyclic) bond motifs is 2. The van der Waals surface area contributed by atoms with Crippen molar-refractivity contribution in [2.75, 3.05) is 38.0 Å². The van der Waals surface area contributed by atoms with E-state index in [1.54, 1.807) is 17.0 Å². The van der Waals surface area contributed by atoms with Gasteiger partial charge in [0, 0.05) is 59.9 Å². The van der Waals surface area contributed by atoms with Crippen LogP contribution in [0.2, 0.25) is 0 Å². The van der Waals surface area contributed by atoms with Gasteiger partial charge in [0.15, 0.2) is 0 Å². The molecule has 0 spiro atoms. The molecule has 3 aromatic rings. The van der Waals surface area contributed by atoms with E-state index in [-0.39, 0.29) is 24.3 Å². The molecule has 3 unspecified atom stereocenters. The van der Waals surface area contributed by atoms with Crippen LogP contribution in [0.15, 0.2) is 48.5 Å². The third-order valence-electron chi connectivity index (χ3n) is 11.6. The Bertz CT molecular complexity index is 2220. The Morgan fingerprint density at radius 3 is 2.11 bits per heavy atom. The Kier molecular flexibility index (Phi) is 11.2. The summed E-state index contributed by atoms with van der Waals surface area (Å²) in [5, 5.41) is 17.9. The third kappa shape index (κ3) is 7.24. The van der Waals surface area contributed by atoms with Gasteiger partial charge in [-0.15, -0.1) is 0 Å². The van der Waals surface area contributed by atoms with Crippen LogP contribution in [0, 0.1) is 13.8 Å². The fourth-order valence-electron chi connectivity index (χ4n) is 8.86. The fraction of sp³-hybridized carbons (Fsp3) is 0.432. The van der Waals surface area contributed by atoms with Crippen molar-refractivity contribution in [2.24, 2.45) is 0 Å². The zero-order valence-electron chi connectivity index (χ0n) is 32.7. The highest BCUT2D eigenvalue weighted by molar-refractivity contribution is 6.03. The molecule has 294 valence electrons. The number of anilines is 1. The Balaban J connectivity index is 1.13. The molecule has 3 atom stereocenters. The molecule has 0 bridgehead atoms. The number of nitrogens with one attached hydrogen (secondary N) is 2. The number of rotatable bonds is 10. The van der Waals surface area contributed by atoms with Crippen LogP contribution in [-0.4, -0.2) is 100 Å². The van der Waals surface area contributed by atoms with Gasteiger partial charge in [0.25, 0.3) is 5.91 Å². The van der Waals surface area contributed by atoms with E-state index in [9.17, 15) is 29.1 Å². The molecule has 0 aromatic heterocycles. The lowest BCUT2D eigenvalue weighted by Crippen LogP contribution is -2.55. The molecule has 3 N–H and O–H groups in total. The summed E-state index contributed by atoms with van der Waals surface area (Å²) in [6.07, 6.45) is 6.18. The van der Waals surface area contributed by atoms with Gasteiger partial charge in [-0.2, -0.15) is 0 Å². The fourth-order valence-corrected chi connectivity index (χ4v) is 8.86. The van der Waals surface area contributed by atoms with Crippen LogP contribution in [0.5, 0.6) is 11.5 Å². The number of aliphatic carboxylic acids is 1. The molecule has 7 rings (SSSR count). The molecule has 56 heavy (non-hydrogen) atoms. The zero-order valence-corrected chi connectivity index (χ0v) is 32.7. The number of carbonyl (C=O) groups excluding carboxylic acids is 4. The second-order valence-electron chi connectivity index (χ2n) is 15.2. The molecular weight excluding hydrogens is 711 g/mol. The smallest absolute Gasteiger partial charge is 0.326 e. The van der Waals surface area contributed by atoms with Gasteiger partial charge < -0.3 is 35.2 Å². The minimum Gasteiger partial charge on any atom is -0.480 e. The summed E-state index contributed by atoms with van der Waals surface area (Å²) in [5.41, 5.74) is 5.92. The number of carboxylic acids is 1. The van der Waals surface area contributed by atoms with Crippen LogP contribution in [0.4, 0.5) is 5.69 Å². The molecule has 12 heteroatoms. The van der Waals surface area contributed by atoms with E-state index in [1.165, 1.54) is 9.80 Å². The SMILES string of the molecule is CC/C=c1/cc2c(cc1C)=C(c1ccccc1C(=O)NCC(=O)N1CCCC1C(=O)N1CCCC1C(=O)N1CCCC1C(=O)O)c1cc(C)c(NCC)cc1O2. The van der Waals surface area contributed by atoms with Crippen LogP contribution in [-0.2, 0) is 19.2 Å². The Hall–Kier alpha value is -5.65. The molecule has 4 aliphatic heterocycles. The standard InChI is InChI=1S/C44H51N5O7/c1-5-12-28-23-37-31(21-26(28)3)40(32-22-27(4)33(45-6-2)24-38(32)56-37)29-13-7-8-14-30(29)41(51)46-25-39(50)47-18-9-15-34(47)42(52)48-19-10-16-35(48)43(53)49-20-11-17-36(49)44(54)55/h7-8,12-14,21-24,34-36,45H,5-6,9-11,15-20,25H2,1-4H3,(H,46,51)(H,54,55)/b28-12-. The molecule has 4 heterocycles. The van der Waals surface area contributed by atoms with Gasteiger partial charge in [-0.25, -0.2) is 4.79 Å². The van der Waals surface area contributed by atoms with E-state index >= 15 is 0 Å². The zero-order chi connectivity index (χ0) is 39.7. The summed E-state index contributed by atoms with van der Waals surface area (Å²) in [4.78, 5) is 71.7. The normalized spacial score (nSPS) is 20.4. The predicted octanol–water partition coefficient (Wildman–Crippen LogP) is 4.07. The molecule has 3 aromatic carbocycles. The second-order valence-corrected chi connectivity index (χ2v) is 15.2. The van der Waals surface area contributed by atoms with E-state index in [2.05, 4.69) is 48.8 Å². The van der Waals surface area contributed by atoms with E-state index in [4.69, 9.17) is 4.74 Å². The number of ether oxygens (including phenoxy) is 1. The topological polar surface area (TPSA) is 149 Å². The molecule has 0 saturated carbocycles. The number of hydrogen-bond acceptors (Lipinski definition) is 7. The molecular formula is C44H51N5O7. The monoisotopic (exact) mass is 761 g/mol. The average molecular weight is 762 g/mol. The number of benzene rings is 3. The molecule has 3 saturated heterocycles. The van der Waals surface area contributed by atoms with Gasteiger partial charge in [-0.3, -0.25) is 19.2 Å². The highest BCUT2D eigenvalue weighted by Crippen LogP contribution is 2.40. The number of amides is 4. The Labute approximate surface area is 327 Å². The summed E-state index contributed by atoms with van der Waals surface area (Å²) in [6.45, 7) is 9.78. The lowest BCUT2D eigenvalue weighted by molar-refractivity contribution is -0.153. The van der Waals surface area contributed by atoms with Crippen LogP contribution in [0.3, 0.4) is 0 Å². The minimum atomic E-state index is -1.03. The maximum atomic E-state index is 14.1. The average Bonchev–Trinajstić information content (AvgIpc) is 3.99. The van der Waals surface area contributed by atoms with Gasteiger partial charge in [0.1, 0.15) is 29.6 Å². The lowest BCUT2D eigenvalue weighted by atomic mass is 9.88. The highest BCUT2D eigenvalue weighted by atomic mass is 16.5. The molecule has 3 fully saturated rings. The van der Waals surface area contributed by atoms with Gasteiger partial charge in [-0.05, 0) is 112 Å². The number of carboxylic acid groups (broad SMARTS) is 1. The molecule has 0 radical (unpaired) electrons. The molecule has 4 amide bonds. The largest absolute Gasteiger partial charge is 0.480 e. The maximum Gasteiger partial charge on any atom is 0.326 e. The summed E-state index contributed by atoms with van der Waals surface area (Å²) in [6, 6.07) is 13.3. The van der Waals surface area contributed by atoms with Crippen LogP contribution >= 0.6 is 0 Å². The van der Waals surface area contributed by atoms with Crippen molar-refractivity contribution in [2.45, 2.75) is 90.8 Å². The first-order chi connectivity index (χ1) is 27.0. The van der Waals surface area contributed by atoms with Crippen molar-refractivity contribution >= 4 is 46.9 Å². The summed E-state index contributed by atoms with van der Waals surface area (Å²) >= 11 is 0. The first-order valence-corrected chi connectivity index (χ1v) is 19.9. The van der Waals surface area contributed by atoms with Crippen LogP contribution in [0.1, 0.15) is 91.4 Å². The van der Waals surface area contributed by atoms with E-state index in [0.717, 1.165) is 51.4 Å². The number of likely N-dealkylation sites (tertiary alicyclic amines) is 3. The van der Waals surface area contributed by atoms with Gasteiger partial charge in [0.2, 0.25) is 17.7 Å². The van der Waals surface area contributed by atoms with Crippen molar-refractivity contribution in [1.29, 1.82) is 0 Å². The Morgan fingerprint density at radius 2 is 1.43 bits per heavy atom. The maximum absolute atomic E-state index is 14.1. The number of aryl methyl sites for hydroxylation is 2. The van der Waals surface area contributed by atoms with Crippen molar-refractivity contribution in [1.82, 2.24) is 20.0 Å². The van der Waals surface area contributed by atoms with Crippen molar-refractivity contribution in [3.05, 3.63) is 86.8 Å². The first kappa shape index (κ1) is 38.6. The summed E-state index contributed by atoms with van der Waals surface area (Å²) in [7, 11) is 0. The number of nitrogens with zero attached hydrogens (tertiary/aromatic N) is 3. The highest BCUT2D eigenvalue weighted by Gasteiger charge is 2.45. The summed E-state index contributed by atoms with van der Waals surface area (Å²) < 4.78 is 6.57. The number of hydrogen-bond donors (Lipinski definition) is 3. The molecule has 0 aliphatic carbocycles. The lowest BCUT2D eigenvalue weighted by Gasteiger charge is -2.33. The minimum absolute atomic E-state index is 0.301. The molecule has 12 nitrogen and oxygen atoms in total. The quantitative estimate of drug-likeness (QED) is 0.219. The predicted molar refractivity (Wildman–Crippen MR) is 213 cm³/mol. The molecule has 4 aliphatic rings. The second kappa shape index (κ2) is 16.2.